The number of H-pyrrole nitrogens is 1. The topological polar surface area (TPSA) is 92.6 Å². The number of ether oxygens (including phenoxy) is 1. The Labute approximate surface area is 194 Å². The molecule has 3 aromatic rings. The maximum absolute atomic E-state index is 13.6. The number of ketones is 1. The van der Waals surface area contributed by atoms with E-state index in [1.165, 1.54) is 10.1 Å². The number of nitrogens with one attached hydrogen (secondary N) is 1. The first-order valence-corrected chi connectivity index (χ1v) is 14.4. The lowest BCUT2D eigenvalue weighted by molar-refractivity contribution is -0.123. The van der Waals surface area contributed by atoms with Crippen LogP contribution in [-0.2, 0) is 11.2 Å². The molecule has 174 valence electrons. The molecule has 1 amide bonds. The van der Waals surface area contributed by atoms with Gasteiger partial charge in [0.15, 0.2) is 5.78 Å². The molecule has 0 bridgehead atoms. The van der Waals surface area contributed by atoms with Crippen LogP contribution in [0.5, 0.6) is 5.75 Å². The summed E-state index contributed by atoms with van der Waals surface area (Å²) in [4.78, 5) is 39.6. The van der Waals surface area contributed by atoms with Crippen LogP contribution in [0.3, 0.4) is 0 Å². The van der Waals surface area contributed by atoms with Crippen molar-refractivity contribution in [2.75, 3.05) is 13.7 Å². The summed E-state index contributed by atoms with van der Waals surface area (Å²) < 4.78 is 10.3. The molecular formula is C25H30N2O5Si. The molecule has 0 fully saturated rings. The molecule has 0 saturated heterocycles. The third-order valence-corrected chi connectivity index (χ3v) is 7.65. The van der Waals surface area contributed by atoms with Gasteiger partial charge in [0, 0.05) is 13.0 Å². The fourth-order valence-corrected chi connectivity index (χ4v) is 4.89. The van der Waals surface area contributed by atoms with Crippen molar-refractivity contribution in [2.45, 2.75) is 39.0 Å². The minimum atomic E-state index is -1.44. The van der Waals surface area contributed by atoms with Crippen LogP contribution < -0.4 is 15.5 Å². The van der Waals surface area contributed by atoms with Crippen LogP contribution in [0.4, 0.5) is 0 Å². The van der Waals surface area contributed by atoms with Gasteiger partial charge in [-0.05, 0) is 30.2 Å². The Kier molecular flexibility index (Phi) is 7.38. The number of Topliss-reactive ketones (excluding diaryl/α,β-unsaturated/α-hetero) is 1. The number of nitrogens with zero attached hydrogens (tertiary/aromatic N) is 1. The predicted octanol–water partition coefficient (Wildman–Crippen LogP) is 3.54. The molecule has 0 spiro atoms. The van der Waals surface area contributed by atoms with E-state index in [-0.39, 0.29) is 24.5 Å². The van der Waals surface area contributed by atoms with Crippen LogP contribution >= 0.6 is 0 Å². The van der Waals surface area contributed by atoms with E-state index in [4.69, 9.17) is 9.26 Å². The van der Waals surface area contributed by atoms with Crippen molar-refractivity contribution in [2.24, 2.45) is 0 Å². The third-order valence-electron chi connectivity index (χ3n) is 5.58. The average molecular weight is 467 g/mol. The SMILES string of the molecule is CCN(C(=O)c1cc(=O)[nH]o1)C(C(=O)Cc1ccc([Si](C)(C)C)cc1)c1ccc(OC)cc1. The van der Waals surface area contributed by atoms with Crippen molar-refractivity contribution in [1.29, 1.82) is 0 Å². The monoisotopic (exact) mass is 466 g/mol. The highest BCUT2D eigenvalue weighted by atomic mass is 28.3. The zero-order chi connectivity index (χ0) is 24.2. The van der Waals surface area contributed by atoms with E-state index < -0.39 is 25.6 Å². The Hall–Kier alpha value is -3.39. The molecule has 0 aliphatic rings. The molecule has 0 saturated carbocycles. The fourth-order valence-electron chi connectivity index (χ4n) is 3.72. The maximum Gasteiger partial charge on any atom is 0.293 e. The van der Waals surface area contributed by atoms with E-state index in [1.807, 2.05) is 12.1 Å². The number of aromatic amines is 1. The molecule has 1 atom stereocenters. The summed E-state index contributed by atoms with van der Waals surface area (Å²) in [5.41, 5.74) is 1.04. The quantitative estimate of drug-likeness (QED) is 0.487. The summed E-state index contributed by atoms with van der Waals surface area (Å²) in [6.45, 7) is 8.87. The lowest BCUT2D eigenvalue weighted by atomic mass is 9.95. The largest absolute Gasteiger partial charge is 0.497 e. The lowest BCUT2D eigenvalue weighted by Crippen LogP contribution is -2.39. The molecular weight excluding hydrogens is 436 g/mol. The molecule has 33 heavy (non-hydrogen) atoms. The first kappa shape index (κ1) is 24.3. The molecule has 7 nitrogen and oxygen atoms in total. The summed E-state index contributed by atoms with van der Waals surface area (Å²) >= 11 is 0. The molecule has 0 radical (unpaired) electrons. The van der Waals surface area contributed by atoms with Crippen LogP contribution in [0.25, 0.3) is 0 Å². The molecule has 1 aromatic heterocycles. The maximum atomic E-state index is 13.6. The highest BCUT2D eigenvalue weighted by Gasteiger charge is 2.32. The van der Waals surface area contributed by atoms with Gasteiger partial charge in [0.05, 0.1) is 21.3 Å². The van der Waals surface area contributed by atoms with Gasteiger partial charge in [0.2, 0.25) is 5.76 Å². The van der Waals surface area contributed by atoms with Gasteiger partial charge < -0.3 is 14.2 Å². The number of likely N-dealkylation sites (N-methyl/N-ethyl adjacent to an activating group) is 1. The molecule has 3 rings (SSSR count). The number of carbonyl (C=O) groups is 2. The van der Waals surface area contributed by atoms with E-state index in [0.717, 1.165) is 11.6 Å². The van der Waals surface area contributed by atoms with Gasteiger partial charge >= 0.3 is 0 Å². The number of hydrogen-bond donors (Lipinski definition) is 1. The van der Waals surface area contributed by atoms with Crippen LogP contribution in [0.1, 0.15) is 34.6 Å². The Balaban J connectivity index is 1.95. The Morgan fingerprint density at radius 1 is 1.06 bits per heavy atom. The van der Waals surface area contributed by atoms with Gasteiger partial charge in [-0.1, -0.05) is 61.2 Å². The second kappa shape index (κ2) is 10.0. The molecule has 1 heterocycles. The second-order valence-corrected chi connectivity index (χ2v) is 14.0. The molecule has 0 aliphatic carbocycles. The number of rotatable bonds is 9. The average Bonchev–Trinajstić information content (AvgIpc) is 3.23. The standard InChI is InChI=1S/C25H30N2O5Si/c1-6-27(25(30)22-16-23(29)26-32-22)24(18-9-11-19(31-2)12-10-18)21(28)15-17-7-13-20(14-8-17)33(3,4)5/h7-14,16,24H,6,15H2,1-5H3,(H,26,29). The van der Waals surface area contributed by atoms with Crippen molar-refractivity contribution in [3.8, 4) is 5.75 Å². The van der Waals surface area contributed by atoms with Crippen molar-refractivity contribution < 1.29 is 18.8 Å². The Morgan fingerprint density at radius 2 is 1.70 bits per heavy atom. The van der Waals surface area contributed by atoms with Gasteiger partial charge in [-0.15, -0.1) is 0 Å². The fraction of sp³-hybridized carbons (Fsp3) is 0.320. The number of hydrogen-bond acceptors (Lipinski definition) is 5. The lowest BCUT2D eigenvalue weighted by Gasteiger charge is -2.29. The number of benzene rings is 2. The number of methoxy groups -OCH3 is 1. The number of aromatic nitrogens is 1. The first-order valence-electron chi connectivity index (χ1n) is 10.9. The Morgan fingerprint density at radius 3 is 2.18 bits per heavy atom. The summed E-state index contributed by atoms with van der Waals surface area (Å²) in [5.74, 6) is -0.140. The van der Waals surface area contributed by atoms with Crippen LogP contribution in [-0.4, -0.2) is 43.5 Å². The zero-order valence-corrected chi connectivity index (χ0v) is 20.7. The van der Waals surface area contributed by atoms with Crippen LogP contribution in [0, 0.1) is 0 Å². The van der Waals surface area contributed by atoms with E-state index in [0.29, 0.717) is 11.3 Å². The Bertz CT molecular complexity index is 1160. The summed E-state index contributed by atoms with van der Waals surface area (Å²) in [5, 5.41) is 3.45. The van der Waals surface area contributed by atoms with Crippen molar-refractivity contribution in [3.05, 3.63) is 81.8 Å². The first-order chi connectivity index (χ1) is 15.6. The van der Waals surface area contributed by atoms with Gasteiger partial charge in [0.1, 0.15) is 11.8 Å². The molecule has 1 N–H and O–H groups in total. The van der Waals surface area contributed by atoms with Gasteiger partial charge in [-0.3, -0.25) is 14.4 Å². The summed E-state index contributed by atoms with van der Waals surface area (Å²) in [6, 6.07) is 15.5. The molecule has 8 heteroatoms. The highest BCUT2D eigenvalue weighted by Crippen LogP contribution is 2.27. The summed E-state index contributed by atoms with van der Waals surface area (Å²) in [6.07, 6.45) is 0.170. The van der Waals surface area contributed by atoms with Crippen LogP contribution in [0.2, 0.25) is 19.6 Å². The van der Waals surface area contributed by atoms with Crippen molar-refractivity contribution >= 4 is 25.0 Å². The van der Waals surface area contributed by atoms with E-state index in [9.17, 15) is 14.4 Å². The van der Waals surface area contributed by atoms with E-state index in [1.54, 1.807) is 38.3 Å². The smallest absolute Gasteiger partial charge is 0.293 e. The predicted molar refractivity (Wildman–Crippen MR) is 130 cm³/mol. The van der Waals surface area contributed by atoms with Crippen molar-refractivity contribution in [3.63, 3.8) is 0 Å². The van der Waals surface area contributed by atoms with Gasteiger partial charge in [-0.25, -0.2) is 0 Å². The molecule has 0 aliphatic heterocycles. The van der Waals surface area contributed by atoms with Gasteiger partial charge in [-0.2, -0.15) is 5.16 Å². The van der Waals surface area contributed by atoms with E-state index >= 15 is 0 Å². The third kappa shape index (κ3) is 5.70. The summed E-state index contributed by atoms with van der Waals surface area (Å²) in [7, 11) is 0.125. The van der Waals surface area contributed by atoms with Gasteiger partial charge in [0.25, 0.3) is 11.5 Å². The minimum absolute atomic E-state index is 0.131. The van der Waals surface area contributed by atoms with Crippen molar-refractivity contribution in [1.82, 2.24) is 10.1 Å². The number of amides is 1. The molecule has 1 unspecified atom stereocenters. The minimum Gasteiger partial charge on any atom is -0.497 e. The molecule has 2 aromatic carbocycles. The normalized spacial score (nSPS) is 12.3. The zero-order valence-electron chi connectivity index (χ0n) is 19.7. The van der Waals surface area contributed by atoms with E-state index in [2.05, 4.69) is 36.9 Å². The highest BCUT2D eigenvalue weighted by molar-refractivity contribution is 6.88. The number of carbonyl (C=O) groups excluding carboxylic acids is 2. The second-order valence-electron chi connectivity index (χ2n) is 8.93. The van der Waals surface area contributed by atoms with Crippen LogP contribution in [0.15, 0.2) is 63.9 Å².